The quantitative estimate of drug-likeness (QED) is 0.0136. The van der Waals surface area contributed by atoms with Crippen LogP contribution in [-0.4, -0.2) is 124 Å². The van der Waals surface area contributed by atoms with Crippen LogP contribution >= 0.6 is 79.2 Å². The first-order valence-electron chi connectivity index (χ1n) is 41.4. The largest absolute Gasteiger partial charge is 0.477 e. The van der Waals surface area contributed by atoms with Gasteiger partial charge in [0.25, 0.3) is 11.8 Å². The van der Waals surface area contributed by atoms with Crippen molar-refractivity contribution in [3.8, 4) is 36.0 Å². The van der Waals surface area contributed by atoms with Gasteiger partial charge in [-0.05, 0) is 287 Å². The number of benzene rings is 4. The number of aromatic nitrogens is 7. The van der Waals surface area contributed by atoms with Gasteiger partial charge < -0.3 is 50.9 Å². The number of terminal acetylenes is 1. The molecule has 4 aromatic carbocycles. The number of unbranched alkanes of at least 4 members (excludes halogenated alkanes) is 1. The van der Waals surface area contributed by atoms with E-state index in [2.05, 4.69) is 134 Å². The number of nitrogens with one attached hydrogen (secondary N) is 2. The Kier molecular flexibility index (Phi) is 43.9. The fourth-order valence-electron chi connectivity index (χ4n) is 10.1. The number of anilines is 6. The predicted octanol–water partition coefficient (Wildman–Crippen LogP) is 24.9. The third-order valence-electron chi connectivity index (χ3n) is 16.8. The van der Waals surface area contributed by atoms with E-state index in [1.165, 1.54) is 45.7 Å². The Labute approximate surface area is 844 Å². The number of amides is 6. The van der Waals surface area contributed by atoms with Crippen LogP contribution in [0.25, 0.3) is 0 Å². The maximum absolute atomic E-state index is 13.0. The molecule has 6 amide bonds. The van der Waals surface area contributed by atoms with Crippen LogP contribution in [0.5, 0.6) is 0 Å². The molecular formula is C97H97F12I2N13O14S3. The minimum absolute atomic E-state index is 0.00544. The van der Waals surface area contributed by atoms with Crippen LogP contribution in [0, 0.1) is 70.9 Å². The molecule has 0 fully saturated rings. The van der Waals surface area contributed by atoms with Gasteiger partial charge in [0.05, 0.1) is 61.9 Å². The highest BCUT2D eigenvalue weighted by molar-refractivity contribution is 14.1. The summed E-state index contributed by atoms with van der Waals surface area (Å²) >= 11 is 7.62. The molecule has 0 atom stereocenters. The first-order chi connectivity index (χ1) is 65.3. The van der Waals surface area contributed by atoms with Gasteiger partial charge in [0.1, 0.15) is 39.5 Å². The van der Waals surface area contributed by atoms with Gasteiger partial charge in [-0.2, -0.15) is 62.5 Å². The second kappa shape index (κ2) is 52.3. The number of nitrogens with zero attached hydrogens (tertiary/aromatic N) is 9. The first kappa shape index (κ1) is 118. The van der Waals surface area contributed by atoms with Gasteiger partial charge in [-0.3, -0.25) is 29.3 Å². The maximum Gasteiger partial charge on any atom is 0.426 e. The average Bonchev–Trinajstić information content (AvgIpc) is 1.71. The number of carbonyl (C=O) groups is 8. The van der Waals surface area contributed by atoms with Crippen molar-refractivity contribution in [1.82, 2.24) is 34.9 Å². The highest BCUT2D eigenvalue weighted by Crippen LogP contribution is 2.36. The van der Waals surface area contributed by atoms with Crippen LogP contribution in [0.15, 0.2) is 165 Å². The van der Waals surface area contributed by atoms with Crippen LogP contribution in [0.4, 0.5) is 104 Å². The first-order valence-corrected chi connectivity index (χ1v) is 46.0. The van der Waals surface area contributed by atoms with Gasteiger partial charge in [0, 0.05) is 85.1 Å². The molecule has 0 radical (unpaired) electrons. The highest BCUT2D eigenvalue weighted by atomic mass is 127. The number of aryl methyl sites for hydroxylation is 4. The summed E-state index contributed by atoms with van der Waals surface area (Å²) in [6.07, 6.45) is -6.18. The zero-order valence-corrected chi connectivity index (χ0v) is 85.7. The molecule has 11 aromatic rings. The van der Waals surface area contributed by atoms with E-state index in [9.17, 15) is 91.0 Å². The van der Waals surface area contributed by atoms with Gasteiger partial charge in [-0.1, -0.05) is 95.4 Å². The molecule has 0 unspecified atom stereocenters. The van der Waals surface area contributed by atoms with E-state index >= 15 is 0 Å². The Balaban J connectivity index is 0.000000311. The van der Waals surface area contributed by atoms with Crippen molar-refractivity contribution in [2.75, 3.05) is 45.6 Å². The van der Waals surface area contributed by atoms with Crippen LogP contribution in [0.1, 0.15) is 221 Å². The minimum Gasteiger partial charge on any atom is -0.477 e. The monoisotopic (exact) mass is 2250 g/mol. The number of rotatable bonds is 13. The lowest BCUT2D eigenvalue weighted by atomic mass is 10.00. The lowest BCUT2D eigenvalue weighted by molar-refractivity contribution is -0.138. The van der Waals surface area contributed by atoms with E-state index < -0.39 is 123 Å². The van der Waals surface area contributed by atoms with Crippen LogP contribution in [-0.2, 0) is 54.8 Å². The summed E-state index contributed by atoms with van der Waals surface area (Å²) < 4.78 is 179. The number of imide groups is 2. The summed E-state index contributed by atoms with van der Waals surface area (Å²) in [4.78, 5) is 127. The van der Waals surface area contributed by atoms with Crippen LogP contribution < -0.4 is 31.9 Å². The zero-order valence-electron chi connectivity index (χ0n) is 78.9. The van der Waals surface area contributed by atoms with Crippen LogP contribution in [0.3, 0.4) is 0 Å². The molecule has 11 rings (SSSR count). The van der Waals surface area contributed by atoms with Gasteiger partial charge in [0.15, 0.2) is 10.9 Å². The number of ketones is 1. The number of carboxylic acids is 1. The Morgan fingerprint density at radius 2 is 0.801 bits per heavy atom. The number of carboxylic acid groups (broad SMARTS) is 1. The molecule has 0 aliphatic carbocycles. The molecule has 0 saturated carbocycles. The van der Waals surface area contributed by atoms with Crippen molar-refractivity contribution in [2.24, 2.45) is 0 Å². The van der Waals surface area contributed by atoms with Gasteiger partial charge in [-0.25, -0.2) is 43.9 Å². The van der Waals surface area contributed by atoms with Crippen molar-refractivity contribution < 1.29 is 120 Å². The molecule has 0 aliphatic heterocycles. The smallest absolute Gasteiger partial charge is 0.426 e. The van der Waals surface area contributed by atoms with E-state index in [4.69, 9.17) is 46.7 Å². The van der Waals surface area contributed by atoms with Crippen molar-refractivity contribution in [2.45, 2.75) is 184 Å². The number of hydrogen-bond acceptors (Lipinski definition) is 25. The number of thiazole rings is 3. The fourth-order valence-corrected chi connectivity index (χ4v) is 13.1. The topological polar surface area (TPSA) is 376 Å². The molecule has 0 aliphatic rings. The molecule has 750 valence electrons. The lowest BCUT2D eigenvalue weighted by Crippen LogP contribution is -2.43. The predicted molar refractivity (Wildman–Crippen MR) is 530 cm³/mol. The van der Waals surface area contributed by atoms with Gasteiger partial charge >= 0.3 is 55.0 Å². The maximum atomic E-state index is 13.0. The number of halogens is 14. The Bertz CT molecular complexity index is 6350. The van der Waals surface area contributed by atoms with Gasteiger partial charge in [0.2, 0.25) is 10.3 Å². The zero-order chi connectivity index (χ0) is 106. The number of nitrogens with two attached hydrogens (primary N) is 2. The number of aromatic carboxylic acids is 1. The standard InChI is InChI=1S/C29H29F3N4O5S.C20H14F3N3OS.C15H20N2O4S.C14H10F3IN2O.C7H4F3NO2.C7H8IN.C5H12O/c1-17-8-10-20(35-23(37)22-15-19(12-13-33-22)29(30,31)32)14-18(17)9-11-21-16-34-24(42-21)36(25(38)40-27(2,3)4)26(39)41-28(5,6)7;1-12-2-3-14(8-13(12)4-5-17-11-26-19(24)28-17)18(27)10-16-9-15(6-7-25-16)20(21,22)23;1-8-10-9-16-11(22-10)17(12(18)20-14(2,3)4)13(19)21-15(5,6)7;1-8-2-3-10(7-11(8)18)20-13(21)12-6-9(4-5-19-12)14(15,16)17;8-7(9,10)4-1-2-11-5(3-4)6(12)13;1-5-2-3-6(9)4-7(5)8;1-3-4-5-6-2/h8,10,12-16H,1-7H3,(H,35,37);2-3,6-9,11H,10H2,1H3,(H2,24,26);1,9H,2-7H3;2-7H,1H3,(H,20,21);1-3H,(H,12,13);2-4H,9H2,1H3;3-5H2,1-2H3. The molecule has 0 spiro atoms. The van der Waals surface area contributed by atoms with Crippen molar-refractivity contribution in [1.29, 1.82) is 0 Å². The second-order valence-electron chi connectivity index (χ2n) is 33.3. The van der Waals surface area contributed by atoms with E-state index in [1.54, 1.807) is 152 Å². The van der Waals surface area contributed by atoms with E-state index in [1.807, 2.05) is 38.1 Å². The van der Waals surface area contributed by atoms with E-state index in [0.29, 0.717) is 70.9 Å². The summed E-state index contributed by atoms with van der Waals surface area (Å²) in [7, 11) is 1.73. The summed E-state index contributed by atoms with van der Waals surface area (Å²) in [6.45, 7) is 30.9. The second-order valence-corrected chi connectivity index (χ2v) is 38.7. The van der Waals surface area contributed by atoms with Crippen molar-refractivity contribution in [3.63, 3.8) is 0 Å². The third kappa shape index (κ3) is 42.0. The average molecular weight is 2250 g/mol. The third-order valence-corrected chi connectivity index (χ3v) is 21.7. The molecule has 44 heteroatoms. The molecule has 27 nitrogen and oxygen atoms in total. The lowest BCUT2D eigenvalue weighted by Gasteiger charge is -2.27. The summed E-state index contributed by atoms with van der Waals surface area (Å²) in [5.41, 5.74) is 9.97. The highest BCUT2D eigenvalue weighted by Gasteiger charge is 2.39. The van der Waals surface area contributed by atoms with Crippen molar-refractivity contribution in [3.05, 3.63) is 270 Å². The Morgan fingerprint density at radius 1 is 0.440 bits per heavy atom. The molecule has 7 heterocycles. The minimum atomic E-state index is -4.61. The summed E-state index contributed by atoms with van der Waals surface area (Å²) in [5, 5.41) is 13.9. The molecular weight excluding hydrogens is 2150 g/mol. The molecule has 0 saturated heterocycles. The number of ether oxygens (including phenoxy) is 5. The molecule has 141 heavy (non-hydrogen) atoms. The molecule has 7 N–H and O–H groups in total. The van der Waals surface area contributed by atoms with Gasteiger partial charge in [-0.15, -0.1) is 6.42 Å². The Hall–Kier alpha value is -13.2. The number of nitrogen functional groups attached to an aromatic ring is 2. The number of carbonyl (C=O) groups excluding carboxylic acids is 7. The number of methoxy groups -OCH3 is 1. The molecule has 7 aromatic heterocycles. The normalized spacial score (nSPS) is 11.2. The van der Waals surface area contributed by atoms with Crippen molar-refractivity contribution >= 4 is 160 Å². The SMILES string of the molecule is C#Cc1cnc(N(C(=O)OC(C)(C)C)C(=O)OC(C)(C)C)s1.CCCCOC.Cc1ccc(C(=O)Cc2cc(C(F)(F)F)ccn2)cc1C#Cc1cnc(N)s1.Cc1ccc(N)cc1I.Cc1ccc(NC(=O)c2cc(C(F)(F)F)ccn2)cc1C#Cc1cnc(N(C(=O)OC(C)(C)C)C(=O)OC(C)(C)C)s1.Cc1ccc(NC(=O)c2cc(C(F)(F)F)ccn2)cc1I.O=C(O)c1cc(C(F)(F)F)ccn1. The van der Waals surface area contributed by atoms with Crippen LogP contribution in [0.2, 0.25) is 0 Å². The Morgan fingerprint density at radius 3 is 1.17 bits per heavy atom. The molecule has 0 bridgehead atoms. The summed E-state index contributed by atoms with van der Waals surface area (Å²) in [6, 6.07) is 26.9. The fraction of sp³-hybridized carbons (Fsp3) is 0.309. The van der Waals surface area contributed by atoms with E-state index in [-0.39, 0.29) is 33.9 Å². The number of hydrogen-bond donors (Lipinski definition) is 5. The number of alkyl halides is 12. The number of Topliss-reactive ketones (excluding diaryl/α,β-unsaturated/α-hetero) is 1. The number of pyridine rings is 4. The van der Waals surface area contributed by atoms with E-state index in [0.717, 1.165) is 115 Å². The summed E-state index contributed by atoms with van der Waals surface area (Å²) in [5.74, 6) is 10.9.